The maximum absolute atomic E-state index is 12.4. The number of methoxy groups -OCH3 is 1. The van der Waals surface area contributed by atoms with Crippen molar-refractivity contribution in [3.05, 3.63) is 34.9 Å². The van der Waals surface area contributed by atoms with E-state index in [2.05, 4.69) is 5.32 Å². The smallest absolute Gasteiger partial charge is 0.317 e. The zero-order valence-electron chi connectivity index (χ0n) is 13.9. The van der Waals surface area contributed by atoms with Crippen LogP contribution in [0.2, 0.25) is 5.02 Å². The molecule has 1 aromatic rings. The van der Waals surface area contributed by atoms with Crippen LogP contribution in [0.4, 0.5) is 4.79 Å². The van der Waals surface area contributed by atoms with Crippen molar-refractivity contribution in [3.63, 3.8) is 0 Å². The van der Waals surface area contributed by atoms with Gasteiger partial charge in [-0.3, -0.25) is 4.79 Å². The molecule has 3 atom stereocenters. The summed E-state index contributed by atoms with van der Waals surface area (Å²) in [7, 11) is 1.57. The van der Waals surface area contributed by atoms with E-state index in [1.165, 1.54) is 0 Å². The number of amides is 2. The Bertz CT molecular complexity index is 596. The van der Waals surface area contributed by atoms with E-state index in [0.29, 0.717) is 24.4 Å². The van der Waals surface area contributed by atoms with Gasteiger partial charge in [0.05, 0.1) is 12.0 Å². The predicted octanol–water partition coefficient (Wildman–Crippen LogP) is 2.92. The second kappa shape index (κ2) is 8.35. The minimum absolute atomic E-state index is 0.234. The summed E-state index contributed by atoms with van der Waals surface area (Å²) in [5.41, 5.74) is 0.802. The standard InChI is InChI=1S/C17H23ClN2O4/c1-11(15(24-2)13-7-3-4-8-14(13)18)19-17(23)20-9-5-6-12(10-20)16(21)22/h3-4,7-8,11-12,15H,5-6,9-10H2,1-2H3,(H,19,23)(H,21,22). The molecule has 1 heterocycles. The van der Waals surface area contributed by atoms with Crippen LogP contribution in [-0.4, -0.2) is 48.2 Å². The van der Waals surface area contributed by atoms with Gasteiger partial charge in [-0.25, -0.2) is 4.79 Å². The molecule has 0 aliphatic carbocycles. The van der Waals surface area contributed by atoms with Gasteiger partial charge in [-0.15, -0.1) is 0 Å². The number of nitrogens with one attached hydrogen (secondary N) is 1. The summed E-state index contributed by atoms with van der Waals surface area (Å²) >= 11 is 6.21. The number of carbonyl (C=O) groups excluding carboxylic acids is 1. The first-order valence-corrected chi connectivity index (χ1v) is 8.37. The number of hydrogen-bond acceptors (Lipinski definition) is 3. The molecule has 1 fully saturated rings. The Balaban J connectivity index is 2.02. The number of likely N-dealkylation sites (tertiary alicyclic amines) is 1. The molecule has 3 unspecified atom stereocenters. The van der Waals surface area contributed by atoms with E-state index in [1.807, 2.05) is 25.1 Å². The van der Waals surface area contributed by atoms with Gasteiger partial charge in [0.25, 0.3) is 0 Å². The van der Waals surface area contributed by atoms with Crippen LogP contribution in [0.3, 0.4) is 0 Å². The number of aliphatic carboxylic acids is 1. The summed E-state index contributed by atoms with van der Waals surface area (Å²) in [6.07, 6.45) is 0.911. The van der Waals surface area contributed by atoms with Gasteiger partial charge in [0.15, 0.2) is 0 Å². The lowest BCUT2D eigenvalue weighted by Gasteiger charge is -2.33. The minimum atomic E-state index is -0.855. The molecule has 1 saturated heterocycles. The van der Waals surface area contributed by atoms with Crippen molar-refractivity contribution < 1.29 is 19.4 Å². The molecule has 1 aromatic carbocycles. The number of ether oxygens (including phenoxy) is 1. The molecule has 24 heavy (non-hydrogen) atoms. The largest absolute Gasteiger partial charge is 0.481 e. The normalized spacial score (nSPS) is 20.3. The number of carboxylic acid groups (broad SMARTS) is 1. The molecule has 0 radical (unpaired) electrons. The molecular weight excluding hydrogens is 332 g/mol. The summed E-state index contributed by atoms with van der Waals surface area (Å²) in [6.45, 7) is 2.64. The Kier molecular flexibility index (Phi) is 6.45. The first kappa shape index (κ1) is 18.5. The van der Waals surface area contributed by atoms with E-state index in [0.717, 1.165) is 5.56 Å². The number of carboxylic acids is 1. The molecule has 2 N–H and O–H groups in total. The molecule has 2 amide bonds. The lowest BCUT2D eigenvalue weighted by Crippen LogP contribution is -2.50. The zero-order chi connectivity index (χ0) is 17.7. The number of nitrogens with zero attached hydrogens (tertiary/aromatic N) is 1. The fourth-order valence-corrected chi connectivity index (χ4v) is 3.27. The first-order valence-electron chi connectivity index (χ1n) is 7.99. The van der Waals surface area contributed by atoms with Crippen LogP contribution in [0.15, 0.2) is 24.3 Å². The quantitative estimate of drug-likeness (QED) is 0.852. The van der Waals surface area contributed by atoms with Gasteiger partial charge in [-0.05, 0) is 25.8 Å². The molecule has 7 heteroatoms. The van der Waals surface area contributed by atoms with Crippen LogP contribution in [0.5, 0.6) is 0 Å². The van der Waals surface area contributed by atoms with Gasteiger partial charge in [0.1, 0.15) is 6.10 Å². The van der Waals surface area contributed by atoms with Gasteiger partial charge >= 0.3 is 12.0 Å². The van der Waals surface area contributed by atoms with E-state index < -0.39 is 11.9 Å². The van der Waals surface area contributed by atoms with Crippen LogP contribution in [-0.2, 0) is 9.53 Å². The Morgan fingerprint density at radius 1 is 1.42 bits per heavy atom. The van der Waals surface area contributed by atoms with E-state index in [4.69, 9.17) is 21.4 Å². The molecule has 1 aliphatic heterocycles. The molecule has 0 aromatic heterocycles. The lowest BCUT2D eigenvalue weighted by atomic mass is 9.98. The van der Waals surface area contributed by atoms with Gasteiger partial charge in [0.2, 0.25) is 0 Å². The summed E-state index contributed by atoms with van der Waals surface area (Å²) in [4.78, 5) is 25.1. The Morgan fingerprint density at radius 3 is 2.75 bits per heavy atom. The predicted molar refractivity (Wildman–Crippen MR) is 91.1 cm³/mol. The number of carbonyl (C=O) groups is 2. The molecule has 0 spiro atoms. The van der Waals surface area contributed by atoms with E-state index in [9.17, 15) is 9.59 Å². The third-order valence-corrected chi connectivity index (χ3v) is 4.67. The third kappa shape index (κ3) is 4.39. The van der Waals surface area contributed by atoms with Crippen molar-refractivity contribution in [2.45, 2.75) is 31.9 Å². The van der Waals surface area contributed by atoms with Gasteiger partial charge in [-0.2, -0.15) is 0 Å². The number of benzene rings is 1. The van der Waals surface area contributed by atoms with Crippen molar-refractivity contribution in [2.75, 3.05) is 20.2 Å². The number of rotatable bonds is 5. The van der Waals surface area contributed by atoms with Gasteiger partial charge in [0, 0.05) is 30.8 Å². The topological polar surface area (TPSA) is 78.9 Å². The molecule has 0 saturated carbocycles. The van der Waals surface area contributed by atoms with Crippen molar-refractivity contribution in [1.82, 2.24) is 10.2 Å². The van der Waals surface area contributed by atoms with Crippen molar-refractivity contribution in [1.29, 1.82) is 0 Å². The average molecular weight is 355 g/mol. The fourth-order valence-electron chi connectivity index (χ4n) is 3.03. The summed E-state index contributed by atoms with van der Waals surface area (Å²) in [5.74, 6) is -1.35. The maximum atomic E-state index is 12.4. The molecule has 132 valence electrons. The molecule has 0 bridgehead atoms. The molecular formula is C17H23ClN2O4. The van der Waals surface area contributed by atoms with E-state index >= 15 is 0 Å². The number of hydrogen-bond donors (Lipinski definition) is 2. The highest BCUT2D eigenvalue weighted by molar-refractivity contribution is 6.31. The Morgan fingerprint density at radius 2 is 2.12 bits per heavy atom. The van der Waals surface area contributed by atoms with Gasteiger partial charge in [-0.1, -0.05) is 29.8 Å². The van der Waals surface area contributed by atoms with Crippen molar-refractivity contribution in [3.8, 4) is 0 Å². The first-order chi connectivity index (χ1) is 11.4. The highest BCUT2D eigenvalue weighted by Crippen LogP contribution is 2.28. The summed E-state index contributed by atoms with van der Waals surface area (Å²) < 4.78 is 5.51. The number of piperidine rings is 1. The monoisotopic (exact) mass is 354 g/mol. The van der Waals surface area contributed by atoms with E-state index in [-0.39, 0.29) is 24.7 Å². The Hall–Kier alpha value is -1.79. The average Bonchev–Trinajstić information content (AvgIpc) is 2.57. The zero-order valence-corrected chi connectivity index (χ0v) is 14.6. The maximum Gasteiger partial charge on any atom is 0.317 e. The van der Waals surface area contributed by atoms with Gasteiger partial charge < -0.3 is 20.1 Å². The number of urea groups is 1. The molecule has 1 aliphatic rings. The minimum Gasteiger partial charge on any atom is -0.481 e. The Labute approximate surface area is 146 Å². The van der Waals surface area contributed by atoms with Crippen LogP contribution in [0, 0.1) is 5.92 Å². The SMILES string of the molecule is COC(c1ccccc1Cl)C(C)NC(=O)N1CCCC(C(=O)O)C1. The van der Waals surface area contributed by atoms with Crippen LogP contribution < -0.4 is 5.32 Å². The lowest BCUT2D eigenvalue weighted by molar-refractivity contribution is -0.143. The van der Waals surface area contributed by atoms with Crippen molar-refractivity contribution in [2.24, 2.45) is 5.92 Å². The van der Waals surface area contributed by atoms with Crippen LogP contribution in [0.25, 0.3) is 0 Å². The third-order valence-electron chi connectivity index (χ3n) is 4.33. The van der Waals surface area contributed by atoms with Crippen molar-refractivity contribution >= 4 is 23.6 Å². The second-order valence-corrected chi connectivity index (χ2v) is 6.45. The van der Waals surface area contributed by atoms with E-state index in [1.54, 1.807) is 18.1 Å². The number of halogens is 1. The molecule has 2 rings (SSSR count). The fraction of sp³-hybridized carbons (Fsp3) is 0.529. The highest BCUT2D eigenvalue weighted by Gasteiger charge is 2.30. The van der Waals surface area contributed by atoms with Crippen LogP contribution in [0.1, 0.15) is 31.4 Å². The van der Waals surface area contributed by atoms with Crippen LogP contribution >= 0.6 is 11.6 Å². The highest BCUT2D eigenvalue weighted by atomic mass is 35.5. The summed E-state index contributed by atoms with van der Waals surface area (Å²) in [5, 5.41) is 12.6. The second-order valence-electron chi connectivity index (χ2n) is 6.04. The summed E-state index contributed by atoms with van der Waals surface area (Å²) in [6, 6.07) is 6.75. The molecule has 6 nitrogen and oxygen atoms in total.